The largest absolute Gasteiger partial charge is 0.471 e. The van der Waals surface area contributed by atoms with Crippen LogP contribution in [0.1, 0.15) is 0 Å². The number of aromatic nitrogens is 2. The Bertz CT molecular complexity index is 222. The molecule has 0 bridgehead atoms. The van der Waals surface area contributed by atoms with Crippen molar-refractivity contribution in [2.24, 2.45) is 0 Å². The summed E-state index contributed by atoms with van der Waals surface area (Å²) in [5.74, 6) is 0.610. The van der Waals surface area contributed by atoms with Crippen LogP contribution in [0.25, 0.3) is 0 Å². The van der Waals surface area contributed by atoms with E-state index in [2.05, 4.69) is 15.5 Å². The number of hydrogen-bond acceptors (Lipinski definition) is 4. The van der Waals surface area contributed by atoms with E-state index in [9.17, 15) is 0 Å². The molecule has 1 aliphatic heterocycles. The maximum Gasteiger partial charge on any atom is 0.233 e. The Balaban J connectivity index is 1.95. The van der Waals surface area contributed by atoms with Crippen molar-refractivity contribution in [3.05, 3.63) is 18.3 Å². The molecule has 1 fully saturated rings. The van der Waals surface area contributed by atoms with Crippen molar-refractivity contribution < 1.29 is 4.74 Å². The molecular formula is C7H9N3O. The minimum Gasteiger partial charge on any atom is -0.471 e. The van der Waals surface area contributed by atoms with Gasteiger partial charge in [0.05, 0.1) is 0 Å². The fourth-order valence-electron chi connectivity index (χ4n) is 0.867. The van der Waals surface area contributed by atoms with Crippen LogP contribution in [0.4, 0.5) is 0 Å². The van der Waals surface area contributed by atoms with Crippen molar-refractivity contribution in [1.82, 2.24) is 15.5 Å². The van der Waals surface area contributed by atoms with Gasteiger partial charge in [-0.1, -0.05) is 0 Å². The van der Waals surface area contributed by atoms with Crippen molar-refractivity contribution in [3.63, 3.8) is 0 Å². The van der Waals surface area contributed by atoms with Gasteiger partial charge in [0.1, 0.15) is 6.10 Å². The van der Waals surface area contributed by atoms with Gasteiger partial charge in [-0.2, -0.15) is 5.10 Å². The minimum absolute atomic E-state index is 0.284. The highest BCUT2D eigenvalue weighted by atomic mass is 16.5. The number of nitrogens with zero attached hydrogens (tertiary/aromatic N) is 2. The van der Waals surface area contributed by atoms with Crippen LogP contribution in [0.2, 0.25) is 0 Å². The second kappa shape index (κ2) is 2.84. The summed E-state index contributed by atoms with van der Waals surface area (Å²) in [6.45, 7) is 1.83. The topological polar surface area (TPSA) is 47.0 Å². The molecule has 0 amide bonds. The second-order valence-electron chi connectivity index (χ2n) is 2.46. The molecule has 0 spiro atoms. The maximum atomic E-state index is 5.41. The summed E-state index contributed by atoms with van der Waals surface area (Å²) >= 11 is 0. The van der Waals surface area contributed by atoms with E-state index in [1.165, 1.54) is 0 Å². The van der Waals surface area contributed by atoms with E-state index in [-0.39, 0.29) is 6.10 Å². The van der Waals surface area contributed by atoms with Gasteiger partial charge in [0.15, 0.2) is 0 Å². The molecule has 0 aromatic carbocycles. The Morgan fingerprint density at radius 3 is 3.00 bits per heavy atom. The molecule has 0 radical (unpaired) electrons. The molecule has 1 aliphatic rings. The normalized spacial score (nSPS) is 17.5. The van der Waals surface area contributed by atoms with Crippen molar-refractivity contribution in [2.45, 2.75) is 6.10 Å². The molecule has 0 saturated carbocycles. The summed E-state index contributed by atoms with van der Waals surface area (Å²) in [6, 6.07) is 3.62. The first-order chi connectivity index (χ1) is 5.45. The van der Waals surface area contributed by atoms with E-state index in [0.717, 1.165) is 13.1 Å². The Morgan fingerprint density at radius 2 is 2.45 bits per heavy atom. The van der Waals surface area contributed by atoms with Gasteiger partial charge in [-0.05, 0) is 6.07 Å². The molecule has 58 valence electrons. The average molecular weight is 151 g/mol. The van der Waals surface area contributed by atoms with Crippen molar-refractivity contribution in [3.8, 4) is 5.88 Å². The molecule has 1 aromatic heterocycles. The van der Waals surface area contributed by atoms with Gasteiger partial charge in [0.2, 0.25) is 5.88 Å². The number of hydrogen-bond donors (Lipinski definition) is 1. The van der Waals surface area contributed by atoms with Gasteiger partial charge in [0.25, 0.3) is 0 Å². The lowest BCUT2D eigenvalue weighted by molar-refractivity contribution is 0.134. The van der Waals surface area contributed by atoms with Crippen molar-refractivity contribution >= 4 is 0 Å². The smallest absolute Gasteiger partial charge is 0.233 e. The maximum absolute atomic E-state index is 5.41. The number of ether oxygens (including phenoxy) is 1. The SMILES string of the molecule is c1cnnc(OC2CNC2)c1. The zero-order valence-electron chi connectivity index (χ0n) is 6.03. The highest BCUT2D eigenvalue weighted by molar-refractivity contribution is 5.06. The Labute approximate surface area is 64.6 Å². The van der Waals surface area contributed by atoms with Crippen LogP contribution in [0.3, 0.4) is 0 Å². The molecule has 1 aromatic rings. The lowest BCUT2D eigenvalue weighted by atomic mass is 10.2. The number of rotatable bonds is 2. The van der Waals surface area contributed by atoms with E-state index in [0.29, 0.717) is 5.88 Å². The predicted molar refractivity (Wildman–Crippen MR) is 39.3 cm³/mol. The third-order valence-corrected chi connectivity index (χ3v) is 1.58. The monoisotopic (exact) mass is 151 g/mol. The second-order valence-corrected chi connectivity index (χ2v) is 2.46. The molecule has 11 heavy (non-hydrogen) atoms. The standard InChI is InChI=1S/C7H9N3O/c1-2-7(10-9-3-1)11-6-4-8-5-6/h1-3,6,8H,4-5H2. The fourth-order valence-corrected chi connectivity index (χ4v) is 0.867. The molecule has 4 heteroatoms. The van der Waals surface area contributed by atoms with Crippen LogP contribution in [0.5, 0.6) is 5.88 Å². The third kappa shape index (κ3) is 1.46. The van der Waals surface area contributed by atoms with E-state index in [1.54, 1.807) is 6.20 Å². The fraction of sp³-hybridized carbons (Fsp3) is 0.429. The van der Waals surface area contributed by atoms with Gasteiger partial charge in [-0.15, -0.1) is 5.10 Å². The van der Waals surface area contributed by atoms with Crippen molar-refractivity contribution in [1.29, 1.82) is 0 Å². The minimum atomic E-state index is 0.284. The molecule has 0 unspecified atom stereocenters. The summed E-state index contributed by atoms with van der Waals surface area (Å²) in [6.07, 6.45) is 1.91. The molecule has 0 atom stereocenters. The first-order valence-electron chi connectivity index (χ1n) is 3.60. The van der Waals surface area contributed by atoms with E-state index in [1.807, 2.05) is 12.1 Å². The van der Waals surface area contributed by atoms with Gasteiger partial charge < -0.3 is 10.1 Å². The van der Waals surface area contributed by atoms with E-state index in [4.69, 9.17) is 4.74 Å². The summed E-state index contributed by atoms with van der Waals surface area (Å²) in [5.41, 5.74) is 0. The quantitative estimate of drug-likeness (QED) is 0.637. The summed E-state index contributed by atoms with van der Waals surface area (Å²) < 4.78 is 5.41. The van der Waals surface area contributed by atoms with Crippen LogP contribution in [-0.4, -0.2) is 29.4 Å². The lowest BCUT2D eigenvalue weighted by Crippen LogP contribution is -2.50. The molecule has 1 saturated heterocycles. The van der Waals surface area contributed by atoms with Crippen LogP contribution >= 0.6 is 0 Å². The zero-order valence-corrected chi connectivity index (χ0v) is 6.03. The third-order valence-electron chi connectivity index (χ3n) is 1.58. The van der Waals surface area contributed by atoms with Gasteiger partial charge in [-0.25, -0.2) is 0 Å². The highest BCUT2D eigenvalue weighted by Crippen LogP contribution is 2.06. The molecule has 2 heterocycles. The van der Waals surface area contributed by atoms with Crippen LogP contribution < -0.4 is 10.1 Å². The Hall–Kier alpha value is -1.16. The lowest BCUT2D eigenvalue weighted by Gasteiger charge is -2.26. The molecule has 0 aliphatic carbocycles. The summed E-state index contributed by atoms with van der Waals surface area (Å²) in [7, 11) is 0. The first kappa shape index (κ1) is 6.54. The molecule has 4 nitrogen and oxygen atoms in total. The highest BCUT2D eigenvalue weighted by Gasteiger charge is 2.18. The molecule has 2 rings (SSSR count). The van der Waals surface area contributed by atoms with Crippen LogP contribution in [0.15, 0.2) is 18.3 Å². The number of nitrogens with one attached hydrogen (secondary N) is 1. The first-order valence-corrected chi connectivity index (χ1v) is 3.60. The summed E-state index contributed by atoms with van der Waals surface area (Å²) in [5, 5.41) is 10.6. The molecular weight excluding hydrogens is 142 g/mol. The average Bonchev–Trinajstić information content (AvgIpc) is 1.99. The van der Waals surface area contributed by atoms with E-state index < -0.39 is 0 Å². The summed E-state index contributed by atoms with van der Waals surface area (Å²) in [4.78, 5) is 0. The van der Waals surface area contributed by atoms with Gasteiger partial charge in [0, 0.05) is 25.4 Å². The van der Waals surface area contributed by atoms with Crippen LogP contribution in [-0.2, 0) is 0 Å². The van der Waals surface area contributed by atoms with Crippen LogP contribution in [0, 0.1) is 0 Å². The van der Waals surface area contributed by atoms with Gasteiger partial charge in [-0.3, -0.25) is 0 Å². The van der Waals surface area contributed by atoms with E-state index >= 15 is 0 Å². The Kier molecular flexibility index (Phi) is 1.69. The zero-order chi connectivity index (χ0) is 7.52. The Morgan fingerprint density at radius 1 is 1.55 bits per heavy atom. The predicted octanol–water partition coefficient (Wildman–Crippen LogP) is -0.173. The molecule has 1 N–H and O–H groups in total. The van der Waals surface area contributed by atoms with Gasteiger partial charge >= 0.3 is 0 Å². The van der Waals surface area contributed by atoms with Crippen molar-refractivity contribution in [2.75, 3.05) is 13.1 Å².